The van der Waals surface area contributed by atoms with Gasteiger partial charge in [0.2, 0.25) is 0 Å². The lowest BCUT2D eigenvalue weighted by molar-refractivity contribution is -0.137. The van der Waals surface area contributed by atoms with Gasteiger partial charge < -0.3 is 15.1 Å². The molecule has 10 heteroatoms. The number of rotatable bonds is 6. The Kier molecular flexibility index (Phi) is 9.40. The first-order valence-corrected chi connectivity index (χ1v) is 8.84. The van der Waals surface area contributed by atoms with Crippen molar-refractivity contribution in [2.45, 2.75) is 18.8 Å². The molecule has 0 amide bonds. The van der Waals surface area contributed by atoms with Crippen LogP contribution in [0.1, 0.15) is 22.7 Å². The van der Waals surface area contributed by atoms with Crippen molar-refractivity contribution in [3.8, 4) is 0 Å². The van der Waals surface area contributed by atoms with E-state index in [1.54, 1.807) is 11.7 Å². The Morgan fingerprint density at radius 3 is 2.28 bits per heavy atom. The van der Waals surface area contributed by atoms with Gasteiger partial charge in [0.1, 0.15) is 0 Å². The van der Waals surface area contributed by atoms with Crippen LogP contribution in [0.25, 0.3) is 0 Å². The third-order valence-electron chi connectivity index (χ3n) is 4.46. The first-order chi connectivity index (χ1) is 13.1. The number of nitrogens with zero attached hydrogens (tertiary/aromatic N) is 5. The van der Waals surface area contributed by atoms with Crippen LogP contribution in [-0.4, -0.2) is 60.3 Å². The average Bonchev–Trinajstić information content (AvgIpc) is 3.04. The van der Waals surface area contributed by atoms with Crippen LogP contribution in [0.3, 0.4) is 0 Å². The second kappa shape index (κ2) is 10.8. The third kappa shape index (κ3) is 7.18. The summed E-state index contributed by atoms with van der Waals surface area (Å²) >= 11 is 0. The highest BCUT2D eigenvalue weighted by Gasteiger charge is 2.30. The van der Waals surface area contributed by atoms with Crippen LogP contribution >= 0.6 is 24.0 Å². The van der Waals surface area contributed by atoms with E-state index in [1.165, 1.54) is 12.1 Å². The largest absolute Gasteiger partial charge is 0.416 e. The summed E-state index contributed by atoms with van der Waals surface area (Å²) in [5.74, 6) is 0.663. The Balaban J connectivity index is 0.00000420. The van der Waals surface area contributed by atoms with Crippen LogP contribution in [0.4, 0.5) is 13.2 Å². The number of benzene rings is 1. The van der Waals surface area contributed by atoms with Crippen molar-refractivity contribution in [2.75, 3.05) is 34.7 Å². The summed E-state index contributed by atoms with van der Waals surface area (Å²) in [7, 11) is 9.39. The van der Waals surface area contributed by atoms with E-state index >= 15 is 0 Å². The Morgan fingerprint density at radius 2 is 1.83 bits per heavy atom. The number of likely N-dealkylation sites (N-methyl/N-ethyl adjacent to an activating group) is 1. The zero-order valence-electron chi connectivity index (χ0n) is 17.2. The van der Waals surface area contributed by atoms with Crippen molar-refractivity contribution in [3.63, 3.8) is 0 Å². The summed E-state index contributed by atoms with van der Waals surface area (Å²) in [6, 6.07) is 5.29. The SMILES string of the molecule is CN=C(NCC(c1cnn(C)c1)N(C)C)N(C)Cc1ccc(C(F)(F)F)cc1.I. The van der Waals surface area contributed by atoms with Crippen LogP contribution < -0.4 is 5.32 Å². The fourth-order valence-corrected chi connectivity index (χ4v) is 2.93. The van der Waals surface area contributed by atoms with E-state index in [4.69, 9.17) is 0 Å². The molecule has 1 atom stereocenters. The average molecular weight is 524 g/mol. The number of alkyl halides is 3. The predicted molar refractivity (Wildman–Crippen MR) is 119 cm³/mol. The molecule has 2 rings (SSSR count). The Labute approximate surface area is 186 Å². The molecular formula is C19H28F3IN6. The molecule has 0 radical (unpaired) electrons. The first-order valence-electron chi connectivity index (χ1n) is 8.84. The van der Waals surface area contributed by atoms with Gasteiger partial charge in [-0.3, -0.25) is 9.67 Å². The minimum absolute atomic E-state index is 0. The van der Waals surface area contributed by atoms with Gasteiger partial charge in [-0.25, -0.2) is 0 Å². The monoisotopic (exact) mass is 524 g/mol. The van der Waals surface area contributed by atoms with Crippen LogP contribution in [0.2, 0.25) is 0 Å². The molecule has 29 heavy (non-hydrogen) atoms. The van der Waals surface area contributed by atoms with E-state index in [9.17, 15) is 13.2 Å². The minimum atomic E-state index is -4.32. The molecule has 1 unspecified atom stereocenters. The Bertz CT molecular complexity index is 786. The number of halogens is 4. The lowest BCUT2D eigenvalue weighted by Gasteiger charge is -2.27. The number of aromatic nitrogens is 2. The number of guanidine groups is 1. The summed E-state index contributed by atoms with van der Waals surface area (Å²) in [6.45, 7) is 1.06. The molecule has 1 aromatic heterocycles. The molecule has 0 aliphatic carbocycles. The molecule has 0 bridgehead atoms. The molecule has 6 nitrogen and oxygen atoms in total. The smallest absolute Gasteiger partial charge is 0.354 e. The summed E-state index contributed by atoms with van der Waals surface area (Å²) < 4.78 is 39.9. The predicted octanol–water partition coefficient (Wildman–Crippen LogP) is 3.37. The molecule has 1 heterocycles. The van der Waals surface area contributed by atoms with Crippen molar-refractivity contribution in [1.82, 2.24) is 24.9 Å². The van der Waals surface area contributed by atoms with Crippen molar-refractivity contribution in [3.05, 3.63) is 53.3 Å². The molecule has 0 saturated carbocycles. The molecule has 2 aromatic rings. The van der Waals surface area contributed by atoms with Gasteiger partial charge in [0.15, 0.2) is 5.96 Å². The van der Waals surface area contributed by atoms with Gasteiger partial charge in [0, 0.05) is 46.0 Å². The summed E-state index contributed by atoms with van der Waals surface area (Å²) in [4.78, 5) is 8.25. The molecule has 0 fully saturated rings. The number of aliphatic imine (C=N–C) groups is 1. The lowest BCUT2D eigenvalue weighted by atomic mass is 10.1. The first kappa shape index (κ1) is 25.2. The van der Waals surface area contributed by atoms with Gasteiger partial charge in [0.25, 0.3) is 0 Å². The van der Waals surface area contributed by atoms with Crippen LogP contribution in [0.5, 0.6) is 0 Å². The summed E-state index contributed by atoms with van der Waals surface area (Å²) in [5, 5.41) is 7.56. The Hall–Kier alpha value is -1.82. The maximum atomic E-state index is 12.7. The maximum absolute atomic E-state index is 12.7. The molecule has 162 valence electrons. The maximum Gasteiger partial charge on any atom is 0.416 e. The summed E-state index contributed by atoms with van der Waals surface area (Å²) in [5.41, 5.74) is 1.21. The van der Waals surface area contributed by atoms with E-state index in [-0.39, 0.29) is 30.0 Å². The third-order valence-corrected chi connectivity index (χ3v) is 4.46. The number of hydrogen-bond acceptors (Lipinski definition) is 3. The van der Waals surface area contributed by atoms with Gasteiger partial charge in [-0.05, 0) is 31.8 Å². The molecule has 1 aromatic carbocycles. The molecule has 0 aliphatic rings. The van der Waals surface area contributed by atoms with Crippen molar-refractivity contribution >= 4 is 29.9 Å². The molecule has 1 N–H and O–H groups in total. The Morgan fingerprint density at radius 1 is 1.21 bits per heavy atom. The van der Waals surface area contributed by atoms with Gasteiger partial charge >= 0.3 is 6.18 Å². The van der Waals surface area contributed by atoms with Crippen LogP contribution in [0.15, 0.2) is 41.7 Å². The zero-order chi connectivity index (χ0) is 20.9. The highest BCUT2D eigenvalue weighted by Crippen LogP contribution is 2.29. The quantitative estimate of drug-likeness (QED) is 0.358. The van der Waals surface area contributed by atoms with Crippen molar-refractivity contribution < 1.29 is 13.2 Å². The zero-order valence-corrected chi connectivity index (χ0v) is 19.6. The van der Waals surface area contributed by atoms with E-state index in [0.717, 1.165) is 23.3 Å². The fourth-order valence-electron chi connectivity index (χ4n) is 2.93. The second-order valence-electron chi connectivity index (χ2n) is 6.91. The van der Waals surface area contributed by atoms with Gasteiger partial charge in [-0.1, -0.05) is 12.1 Å². The van der Waals surface area contributed by atoms with Crippen LogP contribution in [0, 0.1) is 0 Å². The second-order valence-corrected chi connectivity index (χ2v) is 6.91. The molecular weight excluding hydrogens is 496 g/mol. The fraction of sp³-hybridized carbons (Fsp3) is 0.474. The standard InChI is InChI=1S/C19H27F3N6.HI/c1-23-18(24-11-17(26(2)3)15-10-25-28(5)13-15)27(4)12-14-6-8-16(9-7-14)19(20,21)22;/h6-10,13,17H,11-12H2,1-5H3,(H,23,24);1H. The molecule has 0 spiro atoms. The number of hydrogen-bond donors (Lipinski definition) is 1. The van der Waals surface area contributed by atoms with Gasteiger partial charge in [0.05, 0.1) is 17.8 Å². The van der Waals surface area contributed by atoms with Gasteiger partial charge in [-0.15, -0.1) is 24.0 Å². The van der Waals surface area contributed by atoms with E-state index < -0.39 is 11.7 Å². The molecule has 0 saturated heterocycles. The minimum Gasteiger partial charge on any atom is -0.354 e. The van der Waals surface area contributed by atoms with Crippen molar-refractivity contribution in [2.24, 2.45) is 12.0 Å². The topological polar surface area (TPSA) is 48.7 Å². The number of nitrogens with one attached hydrogen (secondary N) is 1. The molecule has 0 aliphatic heterocycles. The van der Waals surface area contributed by atoms with E-state index in [2.05, 4.69) is 20.3 Å². The number of aryl methyl sites for hydroxylation is 1. The summed E-state index contributed by atoms with van der Waals surface area (Å²) in [6.07, 6.45) is -0.516. The van der Waals surface area contributed by atoms with E-state index in [0.29, 0.717) is 19.0 Å². The van der Waals surface area contributed by atoms with Crippen molar-refractivity contribution in [1.29, 1.82) is 0 Å². The van der Waals surface area contributed by atoms with Gasteiger partial charge in [-0.2, -0.15) is 18.3 Å². The highest BCUT2D eigenvalue weighted by molar-refractivity contribution is 14.0. The normalized spacial score (nSPS) is 13.2. The lowest BCUT2D eigenvalue weighted by Crippen LogP contribution is -2.42. The van der Waals surface area contributed by atoms with Crippen LogP contribution in [-0.2, 0) is 19.8 Å². The highest BCUT2D eigenvalue weighted by atomic mass is 127. The van der Waals surface area contributed by atoms with E-state index in [1.807, 2.05) is 45.5 Å².